The number of rotatable bonds is 4. The van der Waals surface area contributed by atoms with Crippen molar-refractivity contribution in [1.29, 1.82) is 0 Å². The summed E-state index contributed by atoms with van der Waals surface area (Å²) in [6.45, 7) is 0.453. The summed E-state index contributed by atoms with van der Waals surface area (Å²) in [6, 6.07) is 3.50. The molecule has 0 aliphatic carbocycles. The summed E-state index contributed by atoms with van der Waals surface area (Å²) in [6.07, 6.45) is 1.53. The first kappa shape index (κ1) is 9.95. The van der Waals surface area contributed by atoms with Crippen LogP contribution in [0.4, 0.5) is 0 Å². The van der Waals surface area contributed by atoms with Crippen molar-refractivity contribution in [2.75, 3.05) is 13.7 Å². The molecule has 0 spiro atoms. The highest BCUT2D eigenvalue weighted by atomic mass is 16.5. The van der Waals surface area contributed by atoms with Crippen molar-refractivity contribution in [2.24, 2.45) is 5.73 Å². The van der Waals surface area contributed by atoms with E-state index in [2.05, 4.69) is 4.98 Å². The van der Waals surface area contributed by atoms with E-state index in [0.717, 1.165) is 0 Å². The molecule has 0 aliphatic rings. The van der Waals surface area contributed by atoms with Gasteiger partial charge in [-0.15, -0.1) is 0 Å². The fourth-order valence-corrected chi connectivity index (χ4v) is 1.02. The predicted octanol–water partition coefficient (Wildman–Crippen LogP) is 0.472. The Hall–Kier alpha value is -1.13. The second-order valence-corrected chi connectivity index (χ2v) is 2.72. The number of aliphatic hydroxyl groups excluding tert-OH is 1. The maximum atomic E-state index is 9.50. The maximum absolute atomic E-state index is 9.50. The molecule has 1 aromatic rings. The number of aromatic nitrogens is 1. The lowest BCUT2D eigenvalue weighted by molar-refractivity contribution is 0.165. The van der Waals surface area contributed by atoms with Crippen molar-refractivity contribution in [1.82, 2.24) is 4.98 Å². The molecule has 1 aromatic heterocycles. The molecule has 1 atom stereocenters. The van der Waals surface area contributed by atoms with Gasteiger partial charge in [-0.25, -0.2) is 0 Å². The maximum Gasteiger partial charge on any atom is 0.137 e. The van der Waals surface area contributed by atoms with E-state index in [-0.39, 0.29) is 0 Å². The molecule has 0 saturated heterocycles. The number of hydrogen-bond acceptors (Lipinski definition) is 4. The summed E-state index contributed by atoms with van der Waals surface area (Å²) in [7, 11) is 1.58. The molecule has 0 saturated carbocycles. The lowest BCUT2D eigenvalue weighted by Crippen LogP contribution is -2.07. The monoisotopic (exact) mass is 182 g/mol. The number of hydrogen-bond donors (Lipinski definition) is 2. The summed E-state index contributed by atoms with van der Waals surface area (Å²) in [5, 5.41) is 9.50. The number of nitrogens with two attached hydrogens (primary N) is 1. The smallest absolute Gasteiger partial charge is 0.137 e. The molecule has 0 bridgehead atoms. The molecule has 13 heavy (non-hydrogen) atoms. The molecule has 0 aliphatic heterocycles. The van der Waals surface area contributed by atoms with Gasteiger partial charge in [-0.2, -0.15) is 0 Å². The van der Waals surface area contributed by atoms with Crippen molar-refractivity contribution in [3.05, 3.63) is 24.0 Å². The van der Waals surface area contributed by atoms with Crippen LogP contribution in [0.5, 0.6) is 5.75 Å². The molecule has 0 amide bonds. The van der Waals surface area contributed by atoms with E-state index >= 15 is 0 Å². The first-order valence-corrected chi connectivity index (χ1v) is 4.16. The third-order valence-electron chi connectivity index (χ3n) is 1.78. The zero-order valence-electron chi connectivity index (χ0n) is 7.60. The first-order valence-electron chi connectivity index (χ1n) is 4.16. The van der Waals surface area contributed by atoms with Gasteiger partial charge in [0.05, 0.1) is 25.1 Å². The summed E-state index contributed by atoms with van der Waals surface area (Å²) < 4.78 is 4.94. The van der Waals surface area contributed by atoms with Crippen LogP contribution in [0.1, 0.15) is 18.2 Å². The highest BCUT2D eigenvalue weighted by Gasteiger charge is 2.07. The van der Waals surface area contributed by atoms with Crippen molar-refractivity contribution >= 4 is 0 Å². The van der Waals surface area contributed by atoms with Gasteiger partial charge in [0.1, 0.15) is 5.75 Å². The lowest BCUT2D eigenvalue weighted by Gasteiger charge is -2.08. The lowest BCUT2D eigenvalue weighted by atomic mass is 10.2. The Morgan fingerprint density at radius 3 is 2.85 bits per heavy atom. The van der Waals surface area contributed by atoms with Crippen LogP contribution < -0.4 is 10.5 Å². The zero-order valence-corrected chi connectivity index (χ0v) is 7.60. The van der Waals surface area contributed by atoms with Crippen molar-refractivity contribution in [3.8, 4) is 5.75 Å². The van der Waals surface area contributed by atoms with Crippen molar-refractivity contribution in [2.45, 2.75) is 12.5 Å². The summed E-state index contributed by atoms with van der Waals surface area (Å²) in [4.78, 5) is 4.04. The van der Waals surface area contributed by atoms with Crippen LogP contribution in [0.2, 0.25) is 0 Å². The van der Waals surface area contributed by atoms with Gasteiger partial charge < -0.3 is 15.6 Å². The number of methoxy groups -OCH3 is 1. The zero-order chi connectivity index (χ0) is 9.68. The van der Waals surface area contributed by atoms with Gasteiger partial charge in [0.25, 0.3) is 0 Å². The van der Waals surface area contributed by atoms with E-state index in [1.54, 1.807) is 25.4 Å². The van der Waals surface area contributed by atoms with Crippen LogP contribution in [-0.4, -0.2) is 23.7 Å². The summed E-state index contributed by atoms with van der Waals surface area (Å²) >= 11 is 0. The Kier molecular flexibility index (Phi) is 3.67. The van der Waals surface area contributed by atoms with E-state index < -0.39 is 6.10 Å². The van der Waals surface area contributed by atoms with Crippen LogP contribution in [-0.2, 0) is 0 Å². The minimum atomic E-state index is -0.573. The molecule has 0 fully saturated rings. The van der Waals surface area contributed by atoms with Gasteiger partial charge in [0, 0.05) is 0 Å². The quantitative estimate of drug-likeness (QED) is 0.710. The third-order valence-corrected chi connectivity index (χ3v) is 1.78. The standard InChI is InChI=1S/C9H14N2O2/c1-13-7-2-3-8(11-6-7)9(12)4-5-10/h2-3,6,9,12H,4-5,10H2,1H3/t9-/m0/s1. The molecule has 0 aromatic carbocycles. The average Bonchev–Trinajstić information content (AvgIpc) is 2.18. The molecule has 3 N–H and O–H groups in total. The second-order valence-electron chi connectivity index (χ2n) is 2.72. The number of ether oxygens (including phenoxy) is 1. The van der Waals surface area contributed by atoms with E-state index in [0.29, 0.717) is 24.4 Å². The van der Waals surface area contributed by atoms with Gasteiger partial charge in [0.15, 0.2) is 0 Å². The minimum Gasteiger partial charge on any atom is -0.495 e. The van der Waals surface area contributed by atoms with Crippen LogP contribution in [0.3, 0.4) is 0 Å². The Labute approximate surface area is 77.4 Å². The van der Waals surface area contributed by atoms with E-state index in [4.69, 9.17) is 10.5 Å². The fraction of sp³-hybridized carbons (Fsp3) is 0.444. The van der Waals surface area contributed by atoms with Crippen molar-refractivity contribution in [3.63, 3.8) is 0 Å². The van der Waals surface area contributed by atoms with Gasteiger partial charge in [-0.3, -0.25) is 4.98 Å². The Morgan fingerprint density at radius 2 is 2.38 bits per heavy atom. The Balaban J connectivity index is 2.67. The van der Waals surface area contributed by atoms with Gasteiger partial charge >= 0.3 is 0 Å². The number of nitrogens with zero attached hydrogens (tertiary/aromatic N) is 1. The molecule has 4 nitrogen and oxygen atoms in total. The molecule has 1 heterocycles. The number of aliphatic hydroxyl groups is 1. The first-order chi connectivity index (χ1) is 6.27. The van der Waals surface area contributed by atoms with Crippen molar-refractivity contribution < 1.29 is 9.84 Å². The molecule has 0 unspecified atom stereocenters. The average molecular weight is 182 g/mol. The SMILES string of the molecule is COc1ccc([C@@H](O)CCN)nc1. The largest absolute Gasteiger partial charge is 0.495 e. The Bertz CT molecular complexity index is 248. The van der Waals surface area contributed by atoms with E-state index in [1.165, 1.54) is 0 Å². The molecule has 4 heteroatoms. The van der Waals surface area contributed by atoms with Gasteiger partial charge in [-0.1, -0.05) is 0 Å². The normalized spacial score (nSPS) is 12.5. The predicted molar refractivity (Wildman–Crippen MR) is 49.4 cm³/mol. The van der Waals surface area contributed by atoms with E-state index in [9.17, 15) is 5.11 Å². The van der Waals surface area contributed by atoms with Crippen LogP contribution >= 0.6 is 0 Å². The highest BCUT2D eigenvalue weighted by Crippen LogP contribution is 2.15. The topological polar surface area (TPSA) is 68.4 Å². The summed E-state index contributed by atoms with van der Waals surface area (Å²) in [5.74, 6) is 0.684. The van der Waals surface area contributed by atoms with Crippen LogP contribution in [0.25, 0.3) is 0 Å². The minimum absolute atomic E-state index is 0.453. The van der Waals surface area contributed by atoms with E-state index in [1.807, 2.05) is 0 Å². The van der Waals surface area contributed by atoms with Gasteiger partial charge in [-0.05, 0) is 25.1 Å². The van der Waals surface area contributed by atoms with Crippen LogP contribution in [0.15, 0.2) is 18.3 Å². The highest BCUT2D eigenvalue weighted by molar-refractivity contribution is 5.20. The number of pyridine rings is 1. The van der Waals surface area contributed by atoms with Crippen LogP contribution in [0, 0.1) is 0 Å². The molecule has 1 rings (SSSR count). The summed E-state index contributed by atoms with van der Waals surface area (Å²) in [5.41, 5.74) is 5.94. The molecule has 0 radical (unpaired) electrons. The van der Waals surface area contributed by atoms with Gasteiger partial charge in [0.2, 0.25) is 0 Å². The Morgan fingerprint density at radius 1 is 1.62 bits per heavy atom. The fourth-order valence-electron chi connectivity index (χ4n) is 1.02. The molecular formula is C9H14N2O2. The molecular weight excluding hydrogens is 168 g/mol. The molecule has 72 valence electrons. The second kappa shape index (κ2) is 4.79. The third kappa shape index (κ3) is 2.68.